The molecule has 0 aliphatic heterocycles. The molecule has 2 heterocycles. The number of aromatic nitrogens is 2. The Hall–Kier alpha value is -2.47. The molecule has 0 bridgehead atoms. The summed E-state index contributed by atoms with van der Waals surface area (Å²) in [6.45, 7) is 5.88. The summed E-state index contributed by atoms with van der Waals surface area (Å²) in [5, 5.41) is 8.71. The van der Waals surface area contributed by atoms with E-state index in [4.69, 9.17) is 11.6 Å². The van der Waals surface area contributed by atoms with Crippen molar-refractivity contribution >= 4 is 39.5 Å². The van der Waals surface area contributed by atoms with Gasteiger partial charge in [-0.25, -0.2) is 4.98 Å². The minimum atomic E-state index is 0.714. The van der Waals surface area contributed by atoms with Crippen molar-refractivity contribution in [3.63, 3.8) is 0 Å². The van der Waals surface area contributed by atoms with Crippen LogP contribution in [0.2, 0.25) is 5.02 Å². The number of anilines is 1. The molecule has 0 atom stereocenters. The quantitative estimate of drug-likeness (QED) is 0.278. The fourth-order valence-corrected chi connectivity index (χ4v) is 4.66. The number of nitrogens with zero attached hydrogens (tertiary/aromatic N) is 3. The van der Waals surface area contributed by atoms with E-state index in [1.54, 1.807) is 11.3 Å². The lowest BCUT2D eigenvalue weighted by atomic mass is 10.2. The molecule has 0 spiro atoms. The van der Waals surface area contributed by atoms with Gasteiger partial charge in [0.15, 0.2) is 0 Å². The highest BCUT2D eigenvalue weighted by Gasteiger charge is 2.10. The average Bonchev–Trinajstić information content (AvgIpc) is 3.18. The van der Waals surface area contributed by atoms with Gasteiger partial charge in [0.2, 0.25) is 0 Å². The SMILES string of the molecule is Cc1csc(CN(CCCCNc2ccnc3cc(Cl)ccc23)Cc2ccccc2)n1. The van der Waals surface area contributed by atoms with Crippen LogP contribution < -0.4 is 5.32 Å². The normalized spacial score (nSPS) is 11.3. The number of hydrogen-bond acceptors (Lipinski definition) is 5. The fourth-order valence-electron chi connectivity index (χ4n) is 3.68. The number of halogens is 1. The number of pyridine rings is 1. The van der Waals surface area contributed by atoms with Crippen LogP contribution >= 0.6 is 22.9 Å². The Kier molecular flexibility index (Phi) is 7.52. The Morgan fingerprint density at radius 3 is 2.71 bits per heavy atom. The third-order valence-electron chi connectivity index (χ3n) is 5.20. The van der Waals surface area contributed by atoms with Crippen LogP contribution in [0.15, 0.2) is 66.2 Å². The smallest absolute Gasteiger partial charge is 0.107 e. The van der Waals surface area contributed by atoms with Gasteiger partial charge in [-0.05, 0) is 56.1 Å². The monoisotopic (exact) mass is 450 g/mol. The second-order valence-electron chi connectivity index (χ2n) is 7.73. The van der Waals surface area contributed by atoms with Crippen LogP contribution in [0.1, 0.15) is 29.1 Å². The van der Waals surface area contributed by atoms with Crippen molar-refractivity contribution in [3.05, 3.63) is 87.5 Å². The zero-order valence-corrected chi connectivity index (χ0v) is 19.3. The van der Waals surface area contributed by atoms with E-state index in [0.717, 1.165) is 61.3 Å². The molecule has 160 valence electrons. The molecule has 0 saturated carbocycles. The van der Waals surface area contributed by atoms with Crippen LogP contribution in [0.4, 0.5) is 5.69 Å². The summed E-state index contributed by atoms with van der Waals surface area (Å²) in [5.41, 5.74) is 4.48. The molecule has 31 heavy (non-hydrogen) atoms. The van der Waals surface area contributed by atoms with E-state index in [-0.39, 0.29) is 0 Å². The van der Waals surface area contributed by atoms with E-state index >= 15 is 0 Å². The molecular weight excluding hydrogens is 424 g/mol. The maximum absolute atomic E-state index is 6.09. The van der Waals surface area contributed by atoms with Gasteiger partial charge in [0.1, 0.15) is 5.01 Å². The maximum atomic E-state index is 6.09. The Morgan fingerprint density at radius 2 is 1.90 bits per heavy atom. The Morgan fingerprint density at radius 1 is 1.03 bits per heavy atom. The average molecular weight is 451 g/mol. The van der Waals surface area contributed by atoms with Crippen LogP contribution in [-0.2, 0) is 13.1 Å². The van der Waals surface area contributed by atoms with Gasteiger partial charge in [0, 0.05) is 46.5 Å². The number of aryl methyl sites for hydroxylation is 1. The molecule has 0 fully saturated rings. The summed E-state index contributed by atoms with van der Waals surface area (Å²) in [4.78, 5) is 11.6. The van der Waals surface area contributed by atoms with Gasteiger partial charge in [-0.1, -0.05) is 41.9 Å². The van der Waals surface area contributed by atoms with Gasteiger partial charge in [0.25, 0.3) is 0 Å². The number of thiazole rings is 1. The Labute approximate surface area is 192 Å². The molecule has 1 N–H and O–H groups in total. The molecule has 4 rings (SSSR count). The van der Waals surface area contributed by atoms with Gasteiger partial charge in [-0.15, -0.1) is 11.3 Å². The molecule has 0 saturated heterocycles. The van der Waals surface area contributed by atoms with Gasteiger partial charge in [-0.3, -0.25) is 9.88 Å². The van der Waals surface area contributed by atoms with Crippen LogP contribution in [0, 0.1) is 6.92 Å². The Balaban J connectivity index is 1.31. The molecule has 0 aliphatic rings. The van der Waals surface area contributed by atoms with Crippen molar-refractivity contribution in [1.82, 2.24) is 14.9 Å². The number of benzene rings is 2. The molecule has 0 aliphatic carbocycles. The van der Waals surface area contributed by atoms with Gasteiger partial charge < -0.3 is 5.32 Å². The van der Waals surface area contributed by atoms with Crippen molar-refractivity contribution in [2.24, 2.45) is 0 Å². The predicted molar refractivity (Wildman–Crippen MR) is 132 cm³/mol. The molecule has 0 amide bonds. The van der Waals surface area contributed by atoms with E-state index in [1.165, 1.54) is 10.6 Å². The number of unbranched alkanes of at least 4 members (excludes halogenated alkanes) is 1. The highest BCUT2D eigenvalue weighted by Crippen LogP contribution is 2.24. The zero-order chi connectivity index (χ0) is 21.5. The van der Waals surface area contributed by atoms with E-state index in [0.29, 0.717) is 5.02 Å². The van der Waals surface area contributed by atoms with E-state index in [1.807, 2.05) is 30.5 Å². The van der Waals surface area contributed by atoms with Crippen molar-refractivity contribution in [1.29, 1.82) is 0 Å². The topological polar surface area (TPSA) is 41.0 Å². The summed E-state index contributed by atoms with van der Waals surface area (Å²) < 4.78 is 0. The van der Waals surface area contributed by atoms with Crippen LogP contribution in [-0.4, -0.2) is 28.0 Å². The molecule has 0 unspecified atom stereocenters. The zero-order valence-electron chi connectivity index (χ0n) is 17.7. The molecule has 4 nitrogen and oxygen atoms in total. The van der Waals surface area contributed by atoms with Crippen molar-refractivity contribution in [3.8, 4) is 0 Å². The van der Waals surface area contributed by atoms with Crippen LogP contribution in [0.5, 0.6) is 0 Å². The summed E-state index contributed by atoms with van der Waals surface area (Å²) in [6, 6.07) is 18.6. The van der Waals surface area contributed by atoms with Gasteiger partial charge in [-0.2, -0.15) is 0 Å². The lowest BCUT2D eigenvalue weighted by Gasteiger charge is -2.21. The predicted octanol–water partition coefficient (Wildman–Crippen LogP) is 6.55. The highest BCUT2D eigenvalue weighted by atomic mass is 35.5. The van der Waals surface area contributed by atoms with E-state index < -0.39 is 0 Å². The maximum Gasteiger partial charge on any atom is 0.107 e. The van der Waals surface area contributed by atoms with Crippen molar-refractivity contribution in [2.75, 3.05) is 18.4 Å². The summed E-state index contributed by atoms with van der Waals surface area (Å²) in [5.74, 6) is 0. The van der Waals surface area contributed by atoms with Gasteiger partial charge in [0.05, 0.1) is 12.1 Å². The van der Waals surface area contributed by atoms with E-state index in [2.05, 4.69) is 62.8 Å². The number of hydrogen-bond donors (Lipinski definition) is 1. The molecule has 2 aromatic heterocycles. The Bertz CT molecular complexity index is 1110. The van der Waals surface area contributed by atoms with E-state index in [9.17, 15) is 0 Å². The van der Waals surface area contributed by atoms with Crippen LogP contribution in [0.25, 0.3) is 10.9 Å². The summed E-state index contributed by atoms with van der Waals surface area (Å²) in [7, 11) is 0. The third kappa shape index (κ3) is 6.26. The minimum Gasteiger partial charge on any atom is -0.384 e. The first kappa shape index (κ1) is 21.8. The van der Waals surface area contributed by atoms with Crippen molar-refractivity contribution < 1.29 is 0 Å². The first-order valence-corrected chi connectivity index (χ1v) is 11.9. The largest absolute Gasteiger partial charge is 0.384 e. The molecule has 6 heteroatoms. The van der Waals surface area contributed by atoms with Crippen LogP contribution in [0.3, 0.4) is 0 Å². The highest BCUT2D eigenvalue weighted by molar-refractivity contribution is 7.09. The fraction of sp³-hybridized carbons (Fsp3) is 0.280. The number of rotatable bonds is 10. The second-order valence-corrected chi connectivity index (χ2v) is 9.11. The standard InChI is InChI=1S/C25H27ClN4S/c1-19-18-31-25(29-19)17-30(16-20-7-3-2-4-8-20)14-6-5-12-27-23-11-13-28-24-15-21(26)9-10-22(23)24/h2-4,7-11,13,15,18H,5-6,12,14,16-17H2,1H3,(H,27,28). The summed E-state index contributed by atoms with van der Waals surface area (Å²) in [6.07, 6.45) is 4.05. The lowest BCUT2D eigenvalue weighted by molar-refractivity contribution is 0.251. The molecule has 2 aromatic carbocycles. The first-order chi connectivity index (χ1) is 15.2. The lowest BCUT2D eigenvalue weighted by Crippen LogP contribution is -2.24. The third-order valence-corrected chi connectivity index (χ3v) is 6.38. The molecule has 4 aromatic rings. The number of fused-ring (bicyclic) bond motifs is 1. The van der Waals surface area contributed by atoms with Crippen molar-refractivity contribution in [2.45, 2.75) is 32.9 Å². The summed E-state index contributed by atoms with van der Waals surface area (Å²) >= 11 is 7.85. The number of nitrogens with one attached hydrogen (secondary N) is 1. The molecular formula is C25H27ClN4S. The van der Waals surface area contributed by atoms with Gasteiger partial charge >= 0.3 is 0 Å². The minimum absolute atomic E-state index is 0.714. The first-order valence-electron chi connectivity index (χ1n) is 10.6. The second kappa shape index (κ2) is 10.7. The molecule has 0 radical (unpaired) electrons.